The highest BCUT2D eigenvalue weighted by Gasteiger charge is 2.08. The molecule has 0 saturated carbocycles. The van der Waals surface area contributed by atoms with Crippen LogP contribution in [0.25, 0.3) is 0 Å². The van der Waals surface area contributed by atoms with Gasteiger partial charge in [-0.2, -0.15) is 0 Å². The molecular weight excluding hydrogens is 237 g/mol. The zero-order valence-electron chi connectivity index (χ0n) is 13.0. The molecular formula is C17H28FN. The molecule has 1 nitrogen and oxygen atoms in total. The summed E-state index contributed by atoms with van der Waals surface area (Å²) in [5.74, 6) is 0.586. The zero-order chi connectivity index (χ0) is 14.4. The summed E-state index contributed by atoms with van der Waals surface area (Å²) in [4.78, 5) is 0. The summed E-state index contributed by atoms with van der Waals surface area (Å²) in [7, 11) is 0. The number of halogens is 1. The third kappa shape index (κ3) is 5.73. The summed E-state index contributed by atoms with van der Waals surface area (Å²) in [6, 6.07) is 3.86. The molecule has 0 aliphatic carbocycles. The van der Waals surface area contributed by atoms with Crippen molar-refractivity contribution in [1.29, 1.82) is 0 Å². The first-order chi connectivity index (χ1) is 8.90. The van der Waals surface area contributed by atoms with Crippen LogP contribution in [0.4, 0.5) is 4.39 Å². The Morgan fingerprint density at radius 3 is 2.16 bits per heavy atom. The van der Waals surface area contributed by atoms with Gasteiger partial charge < -0.3 is 5.32 Å². The molecule has 1 unspecified atom stereocenters. The van der Waals surface area contributed by atoms with E-state index in [0.29, 0.717) is 12.0 Å². The van der Waals surface area contributed by atoms with Crippen LogP contribution in [0.3, 0.4) is 0 Å². The monoisotopic (exact) mass is 265 g/mol. The Morgan fingerprint density at radius 1 is 1.05 bits per heavy atom. The first-order valence-electron chi connectivity index (χ1n) is 7.39. The van der Waals surface area contributed by atoms with Crippen molar-refractivity contribution in [3.63, 3.8) is 0 Å². The quantitative estimate of drug-likeness (QED) is 0.770. The van der Waals surface area contributed by atoms with Crippen LogP contribution >= 0.6 is 0 Å². The van der Waals surface area contributed by atoms with Crippen LogP contribution in [-0.2, 0) is 6.42 Å². The van der Waals surface area contributed by atoms with Crippen molar-refractivity contribution in [3.05, 3.63) is 34.6 Å². The molecule has 2 heteroatoms. The molecule has 0 saturated heterocycles. The molecule has 1 aromatic carbocycles. The van der Waals surface area contributed by atoms with Crippen molar-refractivity contribution in [3.8, 4) is 0 Å². The van der Waals surface area contributed by atoms with E-state index in [1.54, 1.807) is 12.1 Å². The normalized spacial score (nSPS) is 13.0. The largest absolute Gasteiger partial charge is 0.315 e. The number of hydrogen-bond acceptors (Lipinski definition) is 1. The van der Waals surface area contributed by atoms with Crippen LogP contribution in [0.2, 0.25) is 0 Å². The van der Waals surface area contributed by atoms with Gasteiger partial charge in [-0.05, 0) is 74.4 Å². The number of benzene rings is 1. The first-order valence-corrected chi connectivity index (χ1v) is 7.39. The van der Waals surface area contributed by atoms with Gasteiger partial charge in [0.25, 0.3) is 0 Å². The lowest BCUT2D eigenvalue weighted by Gasteiger charge is -2.15. The molecule has 1 rings (SSSR count). The summed E-state index contributed by atoms with van der Waals surface area (Å²) in [6.07, 6.45) is 3.44. The topological polar surface area (TPSA) is 12.0 Å². The van der Waals surface area contributed by atoms with Crippen LogP contribution in [0.1, 0.15) is 50.3 Å². The molecule has 0 bridgehead atoms. The first kappa shape index (κ1) is 16.2. The average molecular weight is 265 g/mol. The van der Waals surface area contributed by atoms with E-state index in [0.717, 1.165) is 24.1 Å². The van der Waals surface area contributed by atoms with Gasteiger partial charge in [0, 0.05) is 6.04 Å². The van der Waals surface area contributed by atoms with Crippen LogP contribution in [-0.4, -0.2) is 12.6 Å². The number of rotatable bonds is 7. The molecule has 0 aliphatic rings. The van der Waals surface area contributed by atoms with Gasteiger partial charge >= 0.3 is 0 Å². The van der Waals surface area contributed by atoms with E-state index in [4.69, 9.17) is 0 Å². The maximum atomic E-state index is 13.2. The van der Waals surface area contributed by atoms with Crippen molar-refractivity contribution in [2.45, 2.75) is 59.9 Å². The zero-order valence-corrected chi connectivity index (χ0v) is 13.0. The highest BCUT2D eigenvalue weighted by Crippen LogP contribution is 2.20. The van der Waals surface area contributed by atoms with Crippen molar-refractivity contribution in [2.75, 3.05) is 6.54 Å². The third-order valence-electron chi connectivity index (χ3n) is 3.74. The highest BCUT2D eigenvalue weighted by molar-refractivity contribution is 5.34. The number of aryl methyl sites for hydroxylation is 2. The Balaban J connectivity index is 2.44. The molecule has 0 fully saturated rings. The molecule has 1 N–H and O–H groups in total. The lowest BCUT2D eigenvalue weighted by atomic mass is 9.93. The minimum Gasteiger partial charge on any atom is -0.315 e. The van der Waals surface area contributed by atoms with Crippen LogP contribution in [0.15, 0.2) is 12.1 Å². The lowest BCUT2D eigenvalue weighted by molar-refractivity contribution is 0.453. The second-order valence-electron chi connectivity index (χ2n) is 6.06. The van der Waals surface area contributed by atoms with Gasteiger partial charge in [0.05, 0.1) is 0 Å². The fraction of sp³-hybridized carbons (Fsp3) is 0.647. The Kier molecular flexibility index (Phi) is 6.50. The maximum Gasteiger partial charge on any atom is 0.123 e. The molecule has 1 atom stereocenters. The number of nitrogens with one attached hydrogen (secondary N) is 1. The van der Waals surface area contributed by atoms with Gasteiger partial charge in [-0.3, -0.25) is 0 Å². The SMILES string of the molecule is Cc1cc(F)cc(C)c1CCC(C)CCNC(C)C. The van der Waals surface area contributed by atoms with E-state index >= 15 is 0 Å². The van der Waals surface area contributed by atoms with E-state index < -0.39 is 0 Å². The second-order valence-corrected chi connectivity index (χ2v) is 6.06. The average Bonchev–Trinajstić information content (AvgIpc) is 2.26. The molecule has 108 valence electrons. The molecule has 19 heavy (non-hydrogen) atoms. The molecule has 1 aromatic rings. The van der Waals surface area contributed by atoms with E-state index in [2.05, 4.69) is 26.1 Å². The summed E-state index contributed by atoms with van der Waals surface area (Å²) < 4.78 is 13.2. The van der Waals surface area contributed by atoms with Crippen molar-refractivity contribution in [2.24, 2.45) is 5.92 Å². The molecule has 0 aliphatic heterocycles. The predicted octanol–water partition coefficient (Wildman–Crippen LogP) is 4.40. The Morgan fingerprint density at radius 2 is 1.63 bits per heavy atom. The van der Waals surface area contributed by atoms with Crippen LogP contribution in [0, 0.1) is 25.6 Å². The molecule has 0 heterocycles. The Bertz CT molecular complexity index is 375. The van der Waals surface area contributed by atoms with Crippen LogP contribution in [0.5, 0.6) is 0 Å². The van der Waals surface area contributed by atoms with Gasteiger partial charge in [-0.15, -0.1) is 0 Å². The summed E-state index contributed by atoms with van der Waals surface area (Å²) >= 11 is 0. The van der Waals surface area contributed by atoms with Crippen molar-refractivity contribution >= 4 is 0 Å². The van der Waals surface area contributed by atoms with Gasteiger partial charge in [0.15, 0.2) is 0 Å². The summed E-state index contributed by atoms with van der Waals surface area (Å²) in [5.41, 5.74) is 3.50. The minimum absolute atomic E-state index is 0.118. The highest BCUT2D eigenvalue weighted by atomic mass is 19.1. The van der Waals surface area contributed by atoms with E-state index in [1.165, 1.54) is 18.4 Å². The van der Waals surface area contributed by atoms with E-state index in [-0.39, 0.29) is 5.82 Å². The molecule has 0 amide bonds. The molecule has 0 spiro atoms. The fourth-order valence-electron chi connectivity index (χ4n) is 2.49. The Hall–Kier alpha value is -0.890. The van der Waals surface area contributed by atoms with Crippen molar-refractivity contribution < 1.29 is 4.39 Å². The van der Waals surface area contributed by atoms with E-state index in [9.17, 15) is 4.39 Å². The van der Waals surface area contributed by atoms with Gasteiger partial charge in [0.1, 0.15) is 5.82 Å². The van der Waals surface area contributed by atoms with E-state index in [1.807, 2.05) is 13.8 Å². The van der Waals surface area contributed by atoms with Gasteiger partial charge in [0.2, 0.25) is 0 Å². The predicted molar refractivity (Wildman–Crippen MR) is 81.1 cm³/mol. The maximum absolute atomic E-state index is 13.2. The van der Waals surface area contributed by atoms with Crippen molar-refractivity contribution in [1.82, 2.24) is 5.32 Å². The second kappa shape index (κ2) is 7.64. The number of hydrogen-bond donors (Lipinski definition) is 1. The van der Waals surface area contributed by atoms with Crippen LogP contribution < -0.4 is 5.32 Å². The third-order valence-corrected chi connectivity index (χ3v) is 3.74. The minimum atomic E-state index is -0.118. The van der Waals surface area contributed by atoms with Gasteiger partial charge in [-0.1, -0.05) is 20.8 Å². The molecule has 0 radical (unpaired) electrons. The van der Waals surface area contributed by atoms with Gasteiger partial charge in [-0.25, -0.2) is 4.39 Å². The summed E-state index contributed by atoms with van der Waals surface area (Å²) in [5, 5.41) is 3.46. The summed E-state index contributed by atoms with van der Waals surface area (Å²) in [6.45, 7) is 11.8. The standard InChI is InChI=1S/C17H28FN/c1-12(2)19-9-8-13(3)6-7-17-14(4)10-16(18)11-15(17)5/h10-13,19H,6-9H2,1-5H3. The molecule has 0 aromatic heterocycles. The fourth-order valence-corrected chi connectivity index (χ4v) is 2.49. The lowest BCUT2D eigenvalue weighted by Crippen LogP contribution is -2.25. The Labute approximate surface area is 117 Å². The smallest absolute Gasteiger partial charge is 0.123 e.